The third-order valence-electron chi connectivity index (χ3n) is 0.601. The summed E-state index contributed by atoms with van der Waals surface area (Å²) in [5.41, 5.74) is 0. The largest absolute Gasteiger partial charge is 1.00 e. The Kier molecular flexibility index (Phi) is 10.1. The Hall–Kier alpha value is 0.576. The van der Waals surface area contributed by atoms with Gasteiger partial charge in [0.25, 0.3) is 0 Å². The van der Waals surface area contributed by atoms with Gasteiger partial charge in [0.05, 0.1) is 6.61 Å². The first-order valence-electron chi connectivity index (χ1n) is 2.54. The van der Waals surface area contributed by atoms with E-state index in [2.05, 4.69) is 4.74 Å². The molecule has 0 saturated heterocycles. The Labute approximate surface area is 103 Å². The number of carboxylic acids is 1. The third kappa shape index (κ3) is 8.58. The molecule has 0 atom stereocenters. The molecule has 0 radical (unpaired) electrons. The Bertz CT molecular complexity index is 128. The summed E-state index contributed by atoms with van der Waals surface area (Å²) in [5.74, 6) is -1.85. The second kappa shape index (κ2) is 7.68. The number of aliphatic carboxylic acids is 1. The summed E-state index contributed by atoms with van der Waals surface area (Å²) < 4.78 is 4.33. The average Bonchev–Trinajstić information content (AvgIpc) is 1.63. The summed E-state index contributed by atoms with van der Waals surface area (Å²) in [4.78, 5) is 20.0. The van der Waals surface area contributed by atoms with Crippen LogP contribution in [0, 0.1) is 0 Å². The van der Waals surface area contributed by atoms with Crippen molar-refractivity contribution < 1.29 is 72.2 Å². The molecule has 0 saturated carbocycles. The average molecular weight is 172 g/mol. The van der Waals surface area contributed by atoms with Gasteiger partial charge < -0.3 is 11.3 Å². The zero-order valence-electron chi connectivity index (χ0n) is 7.09. The molecule has 0 rings (SSSR count). The summed E-state index contributed by atoms with van der Waals surface area (Å²) in [6.07, 6.45) is -0.548. The number of hydrogen-bond acceptors (Lipinski definition) is 3. The summed E-state index contributed by atoms with van der Waals surface area (Å²) in [7, 11) is 0. The van der Waals surface area contributed by atoms with Gasteiger partial charge in [0.1, 0.15) is 6.42 Å². The van der Waals surface area contributed by atoms with Crippen molar-refractivity contribution in [3.05, 3.63) is 0 Å². The monoisotopic (exact) mass is 172 g/mol. The molecule has 0 aromatic carbocycles. The molecule has 0 heterocycles. The molecular weight excluding hydrogens is 163 g/mol. The Balaban J connectivity index is -0.000000320. The zero-order chi connectivity index (χ0) is 7.28. The van der Waals surface area contributed by atoms with Gasteiger partial charge in [-0.05, 0) is 6.92 Å². The van der Waals surface area contributed by atoms with Gasteiger partial charge in [-0.1, -0.05) is 0 Å². The van der Waals surface area contributed by atoms with E-state index in [1.54, 1.807) is 6.92 Å². The van der Waals surface area contributed by atoms with Crippen LogP contribution in [0.4, 0.5) is 0 Å². The first-order valence-corrected chi connectivity index (χ1v) is 2.54. The van der Waals surface area contributed by atoms with Crippen LogP contribution < -0.4 is 51.4 Å². The van der Waals surface area contributed by atoms with Gasteiger partial charge in [0, 0.05) is 0 Å². The van der Waals surface area contributed by atoms with Crippen LogP contribution in [0.3, 0.4) is 0 Å². The van der Waals surface area contributed by atoms with Crippen molar-refractivity contribution in [2.45, 2.75) is 13.3 Å². The number of rotatable bonds is 3. The molecule has 54 valence electrons. The normalized spacial score (nSPS) is 7.70. The predicted octanol–water partition coefficient (Wildman–Crippen LogP) is -2.86. The SMILES string of the molecule is CCOC(=O)CC(=O)O.[H-].[K+]. The second-order valence-electron chi connectivity index (χ2n) is 1.38. The van der Waals surface area contributed by atoms with Gasteiger partial charge in [-0.25, -0.2) is 0 Å². The predicted molar refractivity (Wildman–Crippen MR) is 30.0 cm³/mol. The van der Waals surface area contributed by atoms with Crippen molar-refractivity contribution in [3.63, 3.8) is 0 Å². The van der Waals surface area contributed by atoms with Crippen LogP contribution in [-0.2, 0) is 14.3 Å². The summed E-state index contributed by atoms with van der Waals surface area (Å²) >= 11 is 0. The quantitative estimate of drug-likeness (QED) is 0.282. The number of esters is 1. The molecule has 5 heteroatoms. The first kappa shape index (κ1) is 13.2. The molecule has 0 aliphatic rings. The van der Waals surface area contributed by atoms with E-state index < -0.39 is 18.4 Å². The maximum Gasteiger partial charge on any atom is 1.00 e. The van der Waals surface area contributed by atoms with E-state index in [1.807, 2.05) is 0 Å². The molecule has 0 aromatic heterocycles. The first-order chi connectivity index (χ1) is 4.16. The molecule has 10 heavy (non-hydrogen) atoms. The molecule has 4 nitrogen and oxygen atoms in total. The maximum absolute atomic E-state index is 10.3. The Morgan fingerprint density at radius 3 is 2.40 bits per heavy atom. The maximum atomic E-state index is 10.3. The van der Waals surface area contributed by atoms with Gasteiger partial charge in [-0.2, -0.15) is 0 Å². The fourth-order valence-corrected chi connectivity index (χ4v) is 0.335. The van der Waals surface area contributed by atoms with Crippen LogP contribution in [-0.4, -0.2) is 23.7 Å². The molecule has 0 aromatic rings. The van der Waals surface area contributed by atoms with E-state index in [0.29, 0.717) is 0 Å². The fourth-order valence-electron chi connectivity index (χ4n) is 0.335. The summed E-state index contributed by atoms with van der Waals surface area (Å²) in [6, 6.07) is 0. The number of carbonyl (C=O) groups excluding carboxylic acids is 1. The van der Waals surface area contributed by atoms with Crippen LogP contribution in [0.1, 0.15) is 14.8 Å². The van der Waals surface area contributed by atoms with Gasteiger partial charge in [0.15, 0.2) is 0 Å². The summed E-state index contributed by atoms with van der Waals surface area (Å²) in [6.45, 7) is 1.85. The van der Waals surface area contributed by atoms with E-state index in [9.17, 15) is 9.59 Å². The fraction of sp³-hybridized carbons (Fsp3) is 0.600. The van der Waals surface area contributed by atoms with Crippen molar-refractivity contribution >= 4 is 11.9 Å². The van der Waals surface area contributed by atoms with E-state index in [1.165, 1.54) is 0 Å². The molecule has 0 amide bonds. The number of ether oxygens (including phenoxy) is 1. The van der Waals surface area contributed by atoms with Crippen LogP contribution in [0.5, 0.6) is 0 Å². The molecule has 0 bridgehead atoms. The van der Waals surface area contributed by atoms with E-state index in [0.717, 1.165) is 0 Å². The van der Waals surface area contributed by atoms with Crippen molar-refractivity contribution in [2.75, 3.05) is 6.61 Å². The zero-order valence-corrected chi connectivity index (χ0v) is 9.21. The smallest absolute Gasteiger partial charge is 1.00 e. The van der Waals surface area contributed by atoms with Crippen LogP contribution in [0.25, 0.3) is 0 Å². The minimum Gasteiger partial charge on any atom is -1.00 e. The van der Waals surface area contributed by atoms with E-state index in [-0.39, 0.29) is 59.4 Å². The van der Waals surface area contributed by atoms with Crippen molar-refractivity contribution in [2.24, 2.45) is 0 Å². The number of carboxylic acid groups (broad SMARTS) is 1. The Morgan fingerprint density at radius 1 is 1.60 bits per heavy atom. The van der Waals surface area contributed by atoms with E-state index >= 15 is 0 Å². The van der Waals surface area contributed by atoms with E-state index in [4.69, 9.17) is 5.11 Å². The molecule has 0 unspecified atom stereocenters. The van der Waals surface area contributed by atoms with Gasteiger partial charge >= 0.3 is 63.3 Å². The van der Waals surface area contributed by atoms with Crippen LogP contribution in [0.15, 0.2) is 0 Å². The summed E-state index contributed by atoms with van der Waals surface area (Å²) in [5, 5.41) is 8.01. The van der Waals surface area contributed by atoms with Crippen molar-refractivity contribution in [1.82, 2.24) is 0 Å². The molecule has 0 aliphatic heterocycles. The second-order valence-corrected chi connectivity index (χ2v) is 1.38. The standard InChI is InChI=1S/C5H8O4.K.H/c1-2-9-5(8)3-4(6)7;;/h2-3H2,1H3,(H,6,7);;/q;+1;-1. The minimum atomic E-state index is -1.16. The van der Waals surface area contributed by atoms with Crippen LogP contribution >= 0.6 is 0 Å². The minimum absolute atomic E-state index is 0. The topological polar surface area (TPSA) is 63.6 Å². The van der Waals surface area contributed by atoms with Crippen LogP contribution in [0.2, 0.25) is 0 Å². The molecule has 0 aliphatic carbocycles. The van der Waals surface area contributed by atoms with Gasteiger partial charge in [-0.15, -0.1) is 0 Å². The molecule has 0 spiro atoms. The van der Waals surface area contributed by atoms with Gasteiger partial charge in [0.2, 0.25) is 0 Å². The molecule has 1 N–H and O–H groups in total. The Morgan fingerprint density at radius 2 is 2.10 bits per heavy atom. The third-order valence-corrected chi connectivity index (χ3v) is 0.601. The number of hydrogen-bond donors (Lipinski definition) is 1. The molecule has 0 fully saturated rings. The van der Waals surface area contributed by atoms with Gasteiger partial charge in [-0.3, -0.25) is 9.59 Å². The molecular formula is C5H9KO4. The van der Waals surface area contributed by atoms with Crippen molar-refractivity contribution in [1.29, 1.82) is 0 Å². The number of carbonyl (C=O) groups is 2. The van der Waals surface area contributed by atoms with Crippen molar-refractivity contribution in [3.8, 4) is 0 Å².